The van der Waals surface area contributed by atoms with E-state index in [9.17, 15) is 4.79 Å². The maximum absolute atomic E-state index is 12.0. The second-order valence-corrected chi connectivity index (χ2v) is 6.33. The topological polar surface area (TPSA) is 60.0 Å². The molecular formula is C18H26N2O4. The van der Waals surface area contributed by atoms with Gasteiger partial charge in [-0.1, -0.05) is 0 Å². The SMILES string of the molecule is COC(=O)C1CCCN(c2c3c(cc(OC)c2OC)CNCC3)C1. The summed E-state index contributed by atoms with van der Waals surface area (Å²) >= 11 is 0. The van der Waals surface area contributed by atoms with Crippen molar-refractivity contribution < 1.29 is 19.0 Å². The molecule has 2 aliphatic heterocycles. The summed E-state index contributed by atoms with van der Waals surface area (Å²) in [5.41, 5.74) is 3.63. The van der Waals surface area contributed by atoms with Gasteiger partial charge >= 0.3 is 5.97 Å². The Morgan fingerprint density at radius 3 is 2.83 bits per heavy atom. The lowest BCUT2D eigenvalue weighted by molar-refractivity contribution is -0.145. The first-order chi connectivity index (χ1) is 11.7. The monoisotopic (exact) mass is 334 g/mol. The number of fused-ring (bicyclic) bond motifs is 1. The number of hydrogen-bond donors (Lipinski definition) is 1. The summed E-state index contributed by atoms with van der Waals surface area (Å²) in [4.78, 5) is 14.3. The van der Waals surface area contributed by atoms with Crippen LogP contribution in [0, 0.1) is 5.92 Å². The molecule has 24 heavy (non-hydrogen) atoms. The number of esters is 1. The van der Waals surface area contributed by atoms with Crippen molar-refractivity contribution in [2.24, 2.45) is 5.92 Å². The van der Waals surface area contributed by atoms with E-state index in [0.29, 0.717) is 6.54 Å². The highest BCUT2D eigenvalue weighted by Crippen LogP contribution is 2.44. The minimum Gasteiger partial charge on any atom is -0.493 e. The molecule has 0 saturated carbocycles. The average molecular weight is 334 g/mol. The van der Waals surface area contributed by atoms with Crippen molar-refractivity contribution >= 4 is 11.7 Å². The van der Waals surface area contributed by atoms with E-state index >= 15 is 0 Å². The Bertz CT molecular complexity index is 603. The number of carbonyl (C=O) groups excluding carboxylic acids is 1. The molecule has 1 aromatic carbocycles. The second kappa shape index (κ2) is 7.30. The predicted octanol–water partition coefficient (Wildman–Crippen LogP) is 1.74. The number of methoxy groups -OCH3 is 3. The molecule has 2 aliphatic rings. The summed E-state index contributed by atoms with van der Waals surface area (Å²) < 4.78 is 16.2. The Hall–Kier alpha value is -1.95. The van der Waals surface area contributed by atoms with Crippen molar-refractivity contribution in [1.82, 2.24) is 5.32 Å². The van der Waals surface area contributed by atoms with E-state index in [0.717, 1.165) is 56.1 Å². The Labute approximate surface area is 143 Å². The summed E-state index contributed by atoms with van der Waals surface area (Å²) in [5.74, 6) is 1.30. The Morgan fingerprint density at radius 1 is 1.29 bits per heavy atom. The molecule has 1 atom stereocenters. The van der Waals surface area contributed by atoms with Gasteiger partial charge < -0.3 is 24.4 Å². The molecule has 1 fully saturated rings. The van der Waals surface area contributed by atoms with Gasteiger partial charge in [0.25, 0.3) is 0 Å². The molecule has 1 saturated heterocycles. The van der Waals surface area contributed by atoms with Crippen LogP contribution in [0.5, 0.6) is 11.5 Å². The van der Waals surface area contributed by atoms with Crippen LogP contribution in [-0.2, 0) is 22.5 Å². The van der Waals surface area contributed by atoms with Crippen molar-refractivity contribution in [3.05, 3.63) is 17.2 Å². The molecular weight excluding hydrogens is 308 g/mol. The number of carbonyl (C=O) groups is 1. The van der Waals surface area contributed by atoms with Crippen LogP contribution in [-0.4, -0.2) is 46.9 Å². The van der Waals surface area contributed by atoms with Gasteiger partial charge in [0.2, 0.25) is 0 Å². The third-order valence-electron chi connectivity index (χ3n) is 4.98. The lowest BCUT2D eigenvalue weighted by atomic mass is 9.93. The quantitative estimate of drug-likeness (QED) is 0.847. The molecule has 2 heterocycles. The number of rotatable bonds is 4. The van der Waals surface area contributed by atoms with Gasteiger partial charge in [0.1, 0.15) is 0 Å². The highest BCUT2D eigenvalue weighted by Gasteiger charge is 2.31. The van der Waals surface area contributed by atoms with Crippen LogP contribution >= 0.6 is 0 Å². The number of nitrogens with zero attached hydrogens (tertiary/aromatic N) is 1. The standard InChI is InChI=1S/C18H26N2O4/c1-22-15-9-13-10-19-7-6-14(13)16(17(15)23-2)20-8-4-5-12(11-20)18(21)24-3/h9,12,19H,4-8,10-11H2,1-3H3. The van der Waals surface area contributed by atoms with Gasteiger partial charge in [-0.3, -0.25) is 4.79 Å². The largest absolute Gasteiger partial charge is 0.493 e. The summed E-state index contributed by atoms with van der Waals surface area (Å²) in [6, 6.07) is 2.06. The van der Waals surface area contributed by atoms with E-state index in [1.807, 2.05) is 0 Å². The highest BCUT2D eigenvalue weighted by atomic mass is 16.5. The van der Waals surface area contributed by atoms with Crippen molar-refractivity contribution in [3.8, 4) is 11.5 Å². The van der Waals surface area contributed by atoms with Gasteiger partial charge in [-0.2, -0.15) is 0 Å². The first-order valence-electron chi connectivity index (χ1n) is 8.49. The van der Waals surface area contributed by atoms with E-state index < -0.39 is 0 Å². The first-order valence-corrected chi connectivity index (χ1v) is 8.49. The van der Waals surface area contributed by atoms with Crippen LogP contribution in [0.25, 0.3) is 0 Å². The van der Waals surface area contributed by atoms with Crippen LogP contribution in [0.1, 0.15) is 24.0 Å². The smallest absolute Gasteiger partial charge is 0.310 e. The van der Waals surface area contributed by atoms with E-state index in [4.69, 9.17) is 14.2 Å². The molecule has 0 amide bonds. The van der Waals surface area contributed by atoms with Gasteiger partial charge in [-0.15, -0.1) is 0 Å². The third-order valence-corrected chi connectivity index (χ3v) is 4.98. The molecule has 1 aromatic rings. The number of piperidine rings is 1. The fourth-order valence-corrected chi connectivity index (χ4v) is 3.81. The van der Waals surface area contributed by atoms with Crippen LogP contribution < -0.4 is 19.7 Å². The van der Waals surface area contributed by atoms with Gasteiger partial charge in [0.05, 0.1) is 32.9 Å². The molecule has 0 bridgehead atoms. The fraction of sp³-hybridized carbons (Fsp3) is 0.611. The molecule has 1 unspecified atom stereocenters. The van der Waals surface area contributed by atoms with Crippen LogP contribution in [0.2, 0.25) is 0 Å². The lowest BCUT2D eigenvalue weighted by Crippen LogP contribution is -2.40. The molecule has 0 radical (unpaired) electrons. The molecule has 132 valence electrons. The minimum absolute atomic E-state index is 0.0861. The molecule has 0 aliphatic carbocycles. The van der Waals surface area contributed by atoms with Gasteiger partial charge in [0, 0.05) is 19.6 Å². The van der Waals surface area contributed by atoms with Crippen LogP contribution in [0.4, 0.5) is 5.69 Å². The Morgan fingerprint density at radius 2 is 2.12 bits per heavy atom. The van der Waals surface area contributed by atoms with Gasteiger partial charge in [0.15, 0.2) is 11.5 Å². The third kappa shape index (κ3) is 3.02. The van der Waals surface area contributed by atoms with E-state index in [1.54, 1.807) is 14.2 Å². The van der Waals surface area contributed by atoms with Gasteiger partial charge in [-0.25, -0.2) is 0 Å². The zero-order valence-corrected chi connectivity index (χ0v) is 14.7. The summed E-state index contributed by atoms with van der Waals surface area (Å²) in [6.07, 6.45) is 2.79. The van der Waals surface area contributed by atoms with Crippen molar-refractivity contribution in [2.45, 2.75) is 25.8 Å². The molecule has 6 heteroatoms. The van der Waals surface area contributed by atoms with Crippen LogP contribution in [0.15, 0.2) is 6.07 Å². The average Bonchev–Trinajstić information content (AvgIpc) is 2.65. The molecule has 3 rings (SSSR count). The normalized spacial score (nSPS) is 20.3. The van der Waals surface area contributed by atoms with E-state index in [1.165, 1.54) is 18.2 Å². The zero-order valence-electron chi connectivity index (χ0n) is 14.7. The number of hydrogen-bond acceptors (Lipinski definition) is 6. The lowest BCUT2D eigenvalue weighted by Gasteiger charge is -2.37. The minimum atomic E-state index is -0.128. The Balaban J connectivity index is 2.03. The number of ether oxygens (including phenoxy) is 3. The van der Waals surface area contributed by atoms with Crippen molar-refractivity contribution in [1.29, 1.82) is 0 Å². The zero-order chi connectivity index (χ0) is 17.1. The molecule has 6 nitrogen and oxygen atoms in total. The summed E-state index contributed by atoms with van der Waals surface area (Å²) in [7, 11) is 4.80. The maximum atomic E-state index is 12.0. The van der Waals surface area contributed by atoms with Crippen molar-refractivity contribution in [2.75, 3.05) is 45.9 Å². The Kier molecular flexibility index (Phi) is 5.14. The van der Waals surface area contributed by atoms with Crippen LogP contribution in [0.3, 0.4) is 0 Å². The number of nitrogens with one attached hydrogen (secondary N) is 1. The maximum Gasteiger partial charge on any atom is 0.310 e. The second-order valence-electron chi connectivity index (χ2n) is 6.33. The van der Waals surface area contributed by atoms with Gasteiger partial charge in [-0.05, 0) is 43.0 Å². The molecule has 0 aromatic heterocycles. The summed E-state index contributed by atoms with van der Waals surface area (Å²) in [6.45, 7) is 3.35. The predicted molar refractivity (Wildman–Crippen MR) is 91.9 cm³/mol. The number of benzene rings is 1. The van der Waals surface area contributed by atoms with E-state index in [-0.39, 0.29) is 11.9 Å². The number of anilines is 1. The van der Waals surface area contributed by atoms with Crippen molar-refractivity contribution in [3.63, 3.8) is 0 Å². The molecule has 1 N–H and O–H groups in total. The highest BCUT2D eigenvalue weighted by molar-refractivity contribution is 5.76. The fourth-order valence-electron chi connectivity index (χ4n) is 3.81. The molecule has 0 spiro atoms. The summed E-state index contributed by atoms with van der Waals surface area (Å²) in [5, 5.41) is 3.41. The first kappa shape index (κ1) is 16.9. The van der Waals surface area contributed by atoms with E-state index in [2.05, 4.69) is 16.3 Å².